The Morgan fingerprint density at radius 1 is 0.933 bits per heavy atom. The first-order valence-electron chi connectivity index (χ1n) is 10.1. The molecule has 0 spiro atoms. The molecule has 0 atom stereocenters. The van der Waals surface area contributed by atoms with E-state index < -0.39 is 17.8 Å². The van der Waals surface area contributed by atoms with E-state index in [1.165, 1.54) is 0 Å². The first-order chi connectivity index (χ1) is 14.6. The third kappa shape index (κ3) is 3.76. The minimum atomic E-state index is -0.675. The number of benzene rings is 2. The highest BCUT2D eigenvalue weighted by molar-refractivity contribution is 6.31. The minimum Gasteiger partial charge on any atom is -0.347 e. The van der Waals surface area contributed by atoms with Crippen LogP contribution in [-0.4, -0.2) is 33.9 Å². The van der Waals surface area contributed by atoms with Crippen molar-refractivity contribution in [2.75, 3.05) is 6.54 Å². The van der Waals surface area contributed by atoms with Gasteiger partial charge in [0, 0.05) is 35.8 Å². The number of aromatic nitrogens is 1. The maximum atomic E-state index is 13.0. The lowest BCUT2D eigenvalue weighted by Gasteiger charge is -2.26. The molecule has 1 aliphatic rings. The summed E-state index contributed by atoms with van der Waals surface area (Å²) in [5, 5.41) is 3.26. The van der Waals surface area contributed by atoms with Crippen LogP contribution in [0.5, 0.6) is 0 Å². The van der Waals surface area contributed by atoms with Crippen molar-refractivity contribution in [3.05, 3.63) is 77.5 Å². The number of urea groups is 1. The molecule has 1 aromatic heterocycles. The van der Waals surface area contributed by atoms with Crippen LogP contribution in [-0.2, 0) is 22.6 Å². The lowest BCUT2D eigenvalue weighted by Crippen LogP contribution is -2.54. The van der Waals surface area contributed by atoms with E-state index >= 15 is 0 Å². The molecule has 0 bridgehead atoms. The smallest absolute Gasteiger partial charge is 0.331 e. The zero-order chi connectivity index (χ0) is 21.1. The number of amides is 4. The Kier molecular flexibility index (Phi) is 5.48. The molecule has 2 aromatic carbocycles. The number of carbonyl (C=O) groups excluding carboxylic acids is 3. The Morgan fingerprint density at radius 3 is 2.43 bits per heavy atom. The van der Waals surface area contributed by atoms with E-state index in [2.05, 4.69) is 16.8 Å². The summed E-state index contributed by atoms with van der Waals surface area (Å²) in [6, 6.07) is 16.8. The number of hydrogen-bond acceptors (Lipinski definition) is 3. The number of hydrogen-bond donors (Lipinski definition) is 1. The van der Waals surface area contributed by atoms with Crippen LogP contribution in [0.1, 0.15) is 24.5 Å². The zero-order valence-corrected chi connectivity index (χ0v) is 16.8. The minimum absolute atomic E-state index is 0.0259. The van der Waals surface area contributed by atoms with Gasteiger partial charge in [0.15, 0.2) is 0 Å². The molecular weight excluding hydrogens is 378 g/mol. The summed E-state index contributed by atoms with van der Waals surface area (Å²) >= 11 is 0. The van der Waals surface area contributed by atoms with Gasteiger partial charge in [0.1, 0.15) is 5.57 Å². The third-order valence-electron chi connectivity index (χ3n) is 5.24. The number of aryl methyl sites for hydroxylation is 1. The van der Waals surface area contributed by atoms with Crippen molar-refractivity contribution in [3.8, 4) is 0 Å². The summed E-state index contributed by atoms with van der Waals surface area (Å²) < 4.78 is 2.12. The fraction of sp³-hybridized carbons (Fsp3) is 0.208. The number of barbiturate groups is 1. The van der Waals surface area contributed by atoms with E-state index in [9.17, 15) is 14.4 Å². The lowest BCUT2D eigenvalue weighted by atomic mass is 10.1. The molecule has 4 amide bonds. The van der Waals surface area contributed by atoms with Crippen LogP contribution in [0.2, 0.25) is 0 Å². The first-order valence-corrected chi connectivity index (χ1v) is 10.1. The number of carbonyl (C=O) groups is 3. The Bertz CT molecular complexity index is 1140. The second-order valence-corrected chi connectivity index (χ2v) is 7.30. The van der Waals surface area contributed by atoms with Crippen molar-refractivity contribution in [2.45, 2.75) is 26.3 Å². The Morgan fingerprint density at radius 2 is 1.67 bits per heavy atom. The highest BCUT2D eigenvalue weighted by Crippen LogP contribution is 2.25. The van der Waals surface area contributed by atoms with Gasteiger partial charge in [-0.1, -0.05) is 55.5 Å². The second kappa shape index (κ2) is 8.37. The van der Waals surface area contributed by atoms with Gasteiger partial charge in [0.05, 0.1) is 0 Å². The summed E-state index contributed by atoms with van der Waals surface area (Å²) in [6.45, 7) is 3.14. The first kappa shape index (κ1) is 19.6. The highest BCUT2D eigenvalue weighted by Gasteiger charge is 2.35. The van der Waals surface area contributed by atoms with Crippen molar-refractivity contribution < 1.29 is 14.4 Å². The van der Waals surface area contributed by atoms with Crippen molar-refractivity contribution in [2.24, 2.45) is 0 Å². The van der Waals surface area contributed by atoms with Crippen LogP contribution in [0.15, 0.2) is 66.4 Å². The quantitative estimate of drug-likeness (QED) is 0.505. The van der Waals surface area contributed by atoms with Crippen LogP contribution in [0.4, 0.5) is 4.79 Å². The number of fused-ring (bicyclic) bond motifs is 1. The highest BCUT2D eigenvalue weighted by atomic mass is 16.2. The molecule has 1 N–H and O–H groups in total. The van der Waals surface area contributed by atoms with Crippen molar-refractivity contribution in [1.82, 2.24) is 14.8 Å². The van der Waals surface area contributed by atoms with Gasteiger partial charge in [-0.15, -0.1) is 0 Å². The van der Waals surface area contributed by atoms with Gasteiger partial charge in [-0.05, 0) is 30.5 Å². The monoisotopic (exact) mass is 401 g/mol. The SMILES string of the molecule is CCCn1cc(/C=C2/C(=O)NC(=O)N(CCc3ccccc3)C2=O)c2ccccc21. The number of para-hydroxylation sites is 1. The molecular formula is C24H23N3O3. The Balaban J connectivity index is 1.65. The molecule has 3 aromatic rings. The average Bonchev–Trinajstić information content (AvgIpc) is 3.09. The zero-order valence-electron chi connectivity index (χ0n) is 16.8. The summed E-state index contributed by atoms with van der Waals surface area (Å²) in [5.74, 6) is -1.22. The summed E-state index contributed by atoms with van der Waals surface area (Å²) in [5.41, 5.74) is 2.83. The van der Waals surface area contributed by atoms with Gasteiger partial charge < -0.3 is 4.57 Å². The number of nitrogens with zero attached hydrogens (tertiary/aromatic N) is 2. The van der Waals surface area contributed by atoms with E-state index in [0.717, 1.165) is 39.9 Å². The van der Waals surface area contributed by atoms with E-state index in [1.54, 1.807) is 6.08 Å². The lowest BCUT2D eigenvalue weighted by molar-refractivity contribution is -0.130. The van der Waals surface area contributed by atoms with Gasteiger partial charge >= 0.3 is 6.03 Å². The van der Waals surface area contributed by atoms with Gasteiger partial charge in [0.2, 0.25) is 0 Å². The topological polar surface area (TPSA) is 71.4 Å². The molecule has 30 heavy (non-hydrogen) atoms. The normalized spacial score (nSPS) is 15.8. The molecule has 6 heteroatoms. The summed E-state index contributed by atoms with van der Waals surface area (Å²) in [4.78, 5) is 38.8. The maximum Gasteiger partial charge on any atom is 0.331 e. The van der Waals surface area contributed by atoms with E-state index in [4.69, 9.17) is 0 Å². The predicted molar refractivity (Wildman–Crippen MR) is 116 cm³/mol. The fourth-order valence-corrected chi connectivity index (χ4v) is 3.75. The standard InChI is InChI=1S/C24H23N3O3/c1-2-13-26-16-18(19-10-6-7-11-21(19)26)15-20-22(28)25-24(30)27(23(20)29)14-12-17-8-4-3-5-9-17/h3-11,15-16H,2,12-14H2,1H3,(H,25,28,30)/b20-15-. The third-order valence-corrected chi connectivity index (χ3v) is 5.24. The van der Waals surface area contributed by atoms with Crippen molar-refractivity contribution in [3.63, 3.8) is 0 Å². The molecule has 0 unspecified atom stereocenters. The van der Waals surface area contributed by atoms with Crippen LogP contribution in [0.25, 0.3) is 17.0 Å². The molecule has 0 aliphatic carbocycles. The van der Waals surface area contributed by atoms with Crippen LogP contribution >= 0.6 is 0 Å². The molecule has 152 valence electrons. The summed E-state index contributed by atoms with van der Waals surface area (Å²) in [6.07, 6.45) is 5.04. The number of imide groups is 2. The molecule has 1 saturated heterocycles. The largest absolute Gasteiger partial charge is 0.347 e. The van der Waals surface area contributed by atoms with Gasteiger partial charge in [-0.2, -0.15) is 0 Å². The van der Waals surface area contributed by atoms with Crippen molar-refractivity contribution >= 4 is 34.8 Å². The molecule has 1 aliphatic heterocycles. The Labute approximate surface area is 174 Å². The molecule has 0 radical (unpaired) electrons. The molecule has 4 rings (SSSR count). The van der Waals surface area contributed by atoms with Crippen LogP contribution in [0.3, 0.4) is 0 Å². The Hall–Kier alpha value is -3.67. The second-order valence-electron chi connectivity index (χ2n) is 7.30. The van der Waals surface area contributed by atoms with E-state index in [0.29, 0.717) is 6.42 Å². The van der Waals surface area contributed by atoms with Gasteiger partial charge in [0.25, 0.3) is 11.8 Å². The van der Waals surface area contributed by atoms with Crippen molar-refractivity contribution in [1.29, 1.82) is 0 Å². The van der Waals surface area contributed by atoms with Crippen LogP contribution < -0.4 is 5.32 Å². The molecule has 1 fully saturated rings. The molecule has 0 saturated carbocycles. The number of nitrogens with one attached hydrogen (secondary N) is 1. The van der Waals surface area contributed by atoms with Gasteiger partial charge in [-0.3, -0.25) is 19.8 Å². The fourth-order valence-electron chi connectivity index (χ4n) is 3.75. The maximum absolute atomic E-state index is 13.0. The van der Waals surface area contributed by atoms with E-state index in [1.807, 2.05) is 60.8 Å². The summed E-state index contributed by atoms with van der Waals surface area (Å²) in [7, 11) is 0. The van der Waals surface area contributed by atoms with Crippen LogP contribution in [0, 0.1) is 0 Å². The number of rotatable bonds is 6. The average molecular weight is 401 g/mol. The van der Waals surface area contributed by atoms with E-state index in [-0.39, 0.29) is 12.1 Å². The molecule has 6 nitrogen and oxygen atoms in total. The van der Waals surface area contributed by atoms with Gasteiger partial charge in [-0.25, -0.2) is 4.79 Å². The molecule has 2 heterocycles. The predicted octanol–water partition coefficient (Wildman–Crippen LogP) is 3.76.